The van der Waals surface area contributed by atoms with E-state index in [1.165, 1.54) is 6.42 Å². The van der Waals surface area contributed by atoms with E-state index in [9.17, 15) is 4.39 Å². The van der Waals surface area contributed by atoms with Gasteiger partial charge in [0.05, 0.1) is 0 Å². The van der Waals surface area contributed by atoms with E-state index in [4.69, 9.17) is 0 Å². The Hall–Kier alpha value is -1.19. The van der Waals surface area contributed by atoms with Crippen LogP contribution in [-0.2, 0) is 0 Å². The maximum Gasteiger partial charge on any atom is 0.310 e. The van der Waals surface area contributed by atoms with Gasteiger partial charge in [-0.15, -0.1) is 0 Å². The van der Waals surface area contributed by atoms with E-state index >= 15 is 0 Å². The summed E-state index contributed by atoms with van der Waals surface area (Å²) in [5.74, 6) is 2.43. The average molecular weight is 193 g/mol. The fourth-order valence-corrected chi connectivity index (χ4v) is 2.26. The lowest BCUT2D eigenvalue weighted by atomic mass is 10.4. The first-order valence-electron chi connectivity index (χ1n) is 4.98. The zero-order valence-electron chi connectivity index (χ0n) is 8.07. The van der Waals surface area contributed by atoms with Crippen LogP contribution in [0.2, 0.25) is 0 Å². The molecule has 0 bridgehead atoms. The molecule has 14 heavy (non-hydrogen) atoms. The Balaban J connectivity index is 1.88. The molecule has 1 aromatic heterocycles. The topological polar surface area (TPSA) is 29.0 Å². The van der Waals surface area contributed by atoms with E-state index in [0.29, 0.717) is 5.69 Å². The Labute approximate surface area is 82.0 Å². The average Bonchev–Trinajstić information content (AvgIpc) is 2.72. The van der Waals surface area contributed by atoms with E-state index < -0.39 is 6.08 Å². The summed E-state index contributed by atoms with van der Waals surface area (Å²) in [6, 6.07) is 1.86. The van der Waals surface area contributed by atoms with Gasteiger partial charge in [-0.05, 0) is 25.2 Å². The molecule has 2 heterocycles. The molecule has 2 fully saturated rings. The second-order valence-corrected chi connectivity index (χ2v) is 4.30. The van der Waals surface area contributed by atoms with E-state index in [0.717, 1.165) is 30.7 Å². The minimum Gasteiger partial charge on any atom is -0.356 e. The number of halogens is 1. The van der Waals surface area contributed by atoms with Crippen molar-refractivity contribution in [1.29, 1.82) is 0 Å². The van der Waals surface area contributed by atoms with Crippen LogP contribution in [0.3, 0.4) is 0 Å². The van der Waals surface area contributed by atoms with Gasteiger partial charge in [0.2, 0.25) is 0 Å². The number of hydrogen-bond acceptors (Lipinski definition) is 3. The Bertz CT molecular complexity index is 349. The first kappa shape index (κ1) is 8.15. The number of piperidine rings is 1. The first-order valence-corrected chi connectivity index (χ1v) is 4.98. The molecular weight excluding hydrogens is 181 g/mol. The van der Waals surface area contributed by atoms with Crippen molar-refractivity contribution in [2.24, 2.45) is 11.8 Å². The van der Waals surface area contributed by atoms with Crippen LogP contribution in [0.25, 0.3) is 0 Å². The molecule has 74 valence electrons. The second-order valence-electron chi connectivity index (χ2n) is 4.30. The van der Waals surface area contributed by atoms with Crippen molar-refractivity contribution in [1.82, 2.24) is 9.97 Å². The van der Waals surface area contributed by atoms with Gasteiger partial charge in [0.15, 0.2) is 0 Å². The third kappa shape index (κ3) is 1.25. The highest BCUT2D eigenvalue weighted by atomic mass is 19.1. The van der Waals surface area contributed by atoms with Crippen LogP contribution in [0.1, 0.15) is 12.1 Å². The molecule has 2 atom stereocenters. The van der Waals surface area contributed by atoms with Gasteiger partial charge in [-0.3, -0.25) is 0 Å². The van der Waals surface area contributed by atoms with Crippen LogP contribution in [0.15, 0.2) is 6.07 Å². The van der Waals surface area contributed by atoms with Crippen molar-refractivity contribution in [3.63, 3.8) is 0 Å². The molecule has 0 aromatic carbocycles. The van der Waals surface area contributed by atoms with Crippen molar-refractivity contribution in [2.75, 3.05) is 18.0 Å². The summed E-state index contributed by atoms with van der Waals surface area (Å²) in [5, 5.41) is 0. The fourth-order valence-electron chi connectivity index (χ4n) is 2.26. The maximum absolute atomic E-state index is 12.9. The van der Waals surface area contributed by atoms with Gasteiger partial charge in [0, 0.05) is 24.8 Å². The SMILES string of the molecule is Cc1cc(N2CC3CC3C2)nc(F)n1. The predicted octanol–water partition coefficient (Wildman–Crippen LogP) is 1.38. The highest BCUT2D eigenvalue weighted by molar-refractivity contribution is 5.41. The minimum atomic E-state index is -0.611. The van der Waals surface area contributed by atoms with Crippen molar-refractivity contribution < 1.29 is 4.39 Å². The zero-order chi connectivity index (χ0) is 9.71. The first-order chi connectivity index (χ1) is 6.72. The van der Waals surface area contributed by atoms with Crippen molar-refractivity contribution in [3.8, 4) is 0 Å². The smallest absolute Gasteiger partial charge is 0.310 e. The third-order valence-corrected chi connectivity index (χ3v) is 3.12. The summed E-state index contributed by atoms with van der Waals surface area (Å²) in [5.41, 5.74) is 0.702. The molecule has 0 amide bonds. The molecule has 1 aliphatic heterocycles. The highest BCUT2D eigenvalue weighted by Crippen LogP contribution is 2.45. The monoisotopic (exact) mass is 193 g/mol. The lowest BCUT2D eigenvalue weighted by Gasteiger charge is -2.18. The quantitative estimate of drug-likeness (QED) is 0.631. The van der Waals surface area contributed by atoms with Gasteiger partial charge in [-0.25, -0.2) is 4.98 Å². The summed E-state index contributed by atoms with van der Waals surface area (Å²) in [6.45, 7) is 3.88. The van der Waals surface area contributed by atoms with Gasteiger partial charge in [0.25, 0.3) is 0 Å². The van der Waals surface area contributed by atoms with Crippen LogP contribution in [0.4, 0.5) is 10.2 Å². The Morgan fingerprint density at radius 1 is 1.36 bits per heavy atom. The van der Waals surface area contributed by atoms with Crippen LogP contribution >= 0.6 is 0 Å². The molecule has 2 aliphatic rings. The standard InChI is InChI=1S/C10H12FN3/c1-6-2-9(13-10(11)12-6)14-4-7-3-8(7)5-14/h2,7-8H,3-5H2,1H3. The lowest BCUT2D eigenvalue weighted by molar-refractivity contribution is 0.533. The van der Waals surface area contributed by atoms with Crippen LogP contribution in [-0.4, -0.2) is 23.1 Å². The number of fused-ring (bicyclic) bond motifs is 1. The molecule has 1 saturated heterocycles. The van der Waals surface area contributed by atoms with Crippen molar-refractivity contribution in [3.05, 3.63) is 17.8 Å². The zero-order valence-corrected chi connectivity index (χ0v) is 8.07. The predicted molar refractivity (Wildman–Crippen MR) is 50.5 cm³/mol. The largest absolute Gasteiger partial charge is 0.356 e. The van der Waals surface area contributed by atoms with E-state index in [2.05, 4.69) is 14.9 Å². The Morgan fingerprint density at radius 2 is 2.07 bits per heavy atom. The Kier molecular flexibility index (Phi) is 1.54. The van der Waals surface area contributed by atoms with E-state index in [1.54, 1.807) is 6.92 Å². The molecule has 0 radical (unpaired) electrons. The molecule has 1 aromatic rings. The molecule has 3 rings (SSSR count). The summed E-state index contributed by atoms with van der Waals surface area (Å²) in [6.07, 6.45) is 0.740. The lowest BCUT2D eigenvalue weighted by Crippen LogP contribution is -2.23. The highest BCUT2D eigenvalue weighted by Gasteiger charge is 2.45. The van der Waals surface area contributed by atoms with Crippen LogP contribution in [0, 0.1) is 24.8 Å². The molecule has 0 N–H and O–H groups in total. The summed E-state index contributed by atoms with van der Waals surface area (Å²) < 4.78 is 12.9. The summed E-state index contributed by atoms with van der Waals surface area (Å²) in [7, 11) is 0. The van der Waals surface area contributed by atoms with Crippen molar-refractivity contribution >= 4 is 5.82 Å². The summed E-state index contributed by atoms with van der Waals surface area (Å²) >= 11 is 0. The normalized spacial score (nSPS) is 29.1. The van der Waals surface area contributed by atoms with Gasteiger partial charge in [-0.2, -0.15) is 9.37 Å². The van der Waals surface area contributed by atoms with Crippen LogP contribution in [0.5, 0.6) is 0 Å². The number of aromatic nitrogens is 2. The number of nitrogens with zero attached hydrogens (tertiary/aromatic N) is 3. The van der Waals surface area contributed by atoms with Crippen molar-refractivity contribution in [2.45, 2.75) is 13.3 Å². The van der Waals surface area contributed by atoms with Gasteiger partial charge in [-0.1, -0.05) is 0 Å². The number of hydrogen-bond donors (Lipinski definition) is 0. The fraction of sp³-hybridized carbons (Fsp3) is 0.600. The number of rotatable bonds is 1. The Morgan fingerprint density at radius 3 is 2.71 bits per heavy atom. The summed E-state index contributed by atoms with van der Waals surface area (Å²) in [4.78, 5) is 9.61. The maximum atomic E-state index is 12.9. The van der Waals surface area contributed by atoms with E-state index in [-0.39, 0.29) is 0 Å². The molecule has 2 unspecified atom stereocenters. The second kappa shape index (κ2) is 2.65. The molecule has 1 aliphatic carbocycles. The molecule has 3 nitrogen and oxygen atoms in total. The molecular formula is C10H12FN3. The van der Waals surface area contributed by atoms with Gasteiger partial charge < -0.3 is 4.90 Å². The third-order valence-electron chi connectivity index (χ3n) is 3.12. The van der Waals surface area contributed by atoms with Gasteiger partial charge >= 0.3 is 6.08 Å². The number of aryl methyl sites for hydroxylation is 1. The van der Waals surface area contributed by atoms with Gasteiger partial charge in [0.1, 0.15) is 5.82 Å². The van der Waals surface area contributed by atoms with E-state index in [1.807, 2.05) is 6.07 Å². The molecule has 0 spiro atoms. The van der Waals surface area contributed by atoms with Crippen LogP contribution < -0.4 is 4.90 Å². The molecule has 1 saturated carbocycles. The number of anilines is 1. The minimum absolute atomic E-state index is 0.611. The molecule has 4 heteroatoms.